The highest BCUT2D eigenvalue weighted by molar-refractivity contribution is 9.10. The quantitative estimate of drug-likeness (QED) is 0.557. The molecule has 112 valence electrons. The molecule has 0 atom stereocenters. The van der Waals surface area contributed by atoms with E-state index in [1.54, 1.807) is 17.0 Å². The minimum Gasteiger partial charge on any atom is -0.507 e. The van der Waals surface area contributed by atoms with Gasteiger partial charge in [0.15, 0.2) is 5.82 Å². The van der Waals surface area contributed by atoms with E-state index >= 15 is 0 Å². The molecule has 7 heteroatoms. The minimum absolute atomic E-state index is 0.190. The number of phenols is 1. The van der Waals surface area contributed by atoms with Gasteiger partial charge in [0.05, 0.1) is 6.21 Å². The van der Waals surface area contributed by atoms with Crippen LogP contribution in [0.3, 0.4) is 0 Å². The van der Waals surface area contributed by atoms with Gasteiger partial charge in [0.25, 0.3) is 0 Å². The van der Waals surface area contributed by atoms with E-state index in [9.17, 15) is 5.11 Å². The lowest BCUT2D eigenvalue weighted by atomic mass is 10.0. The van der Waals surface area contributed by atoms with Crippen molar-refractivity contribution in [2.75, 3.05) is 6.26 Å². The fourth-order valence-corrected chi connectivity index (χ4v) is 3.02. The van der Waals surface area contributed by atoms with Crippen molar-refractivity contribution in [3.05, 3.63) is 46.2 Å². The number of hydrogen-bond donors (Lipinski definition) is 1. The van der Waals surface area contributed by atoms with Gasteiger partial charge >= 0.3 is 0 Å². The van der Waals surface area contributed by atoms with Crippen molar-refractivity contribution in [3.8, 4) is 5.75 Å². The molecule has 0 radical (unpaired) electrons. The van der Waals surface area contributed by atoms with E-state index in [0.717, 1.165) is 15.2 Å². The van der Waals surface area contributed by atoms with Crippen molar-refractivity contribution >= 4 is 44.7 Å². The molecule has 0 spiro atoms. The van der Waals surface area contributed by atoms with Gasteiger partial charge in [0.2, 0.25) is 5.16 Å². The summed E-state index contributed by atoms with van der Waals surface area (Å²) in [5.74, 6) is 0.887. The first kappa shape index (κ1) is 15.1. The molecule has 0 saturated carbocycles. The maximum atomic E-state index is 10.2. The number of hydrogen-bond acceptors (Lipinski definition) is 5. The average Bonchev–Trinajstić information content (AvgIpc) is 2.86. The second-order valence-corrected chi connectivity index (χ2v) is 6.34. The molecular weight excluding hydrogens is 364 g/mol. The van der Waals surface area contributed by atoms with Crippen LogP contribution in [-0.2, 0) is 0 Å². The zero-order valence-electron chi connectivity index (χ0n) is 12.0. The lowest BCUT2D eigenvalue weighted by molar-refractivity contribution is 0.475. The molecule has 3 aromatic rings. The summed E-state index contributed by atoms with van der Waals surface area (Å²) in [5, 5.41) is 25.3. The molecule has 0 bridgehead atoms. The van der Waals surface area contributed by atoms with Gasteiger partial charge in [-0.3, -0.25) is 0 Å². The van der Waals surface area contributed by atoms with E-state index in [-0.39, 0.29) is 5.75 Å². The number of aromatic hydroxyl groups is 1. The van der Waals surface area contributed by atoms with Gasteiger partial charge in [-0.1, -0.05) is 39.8 Å². The van der Waals surface area contributed by atoms with Crippen LogP contribution < -0.4 is 0 Å². The molecule has 0 amide bonds. The zero-order chi connectivity index (χ0) is 15.7. The Morgan fingerprint density at radius 1 is 1.27 bits per heavy atom. The fourth-order valence-electron chi connectivity index (χ4n) is 2.16. The lowest BCUT2D eigenvalue weighted by Crippen LogP contribution is -1.96. The van der Waals surface area contributed by atoms with Gasteiger partial charge in [-0.2, -0.15) is 9.78 Å². The number of phenolic OH excluding ortho intramolecular Hbond substituents is 1. The summed E-state index contributed by atoms with van der Waals surface area (Å²) >= 11 is 4.92. The van der Waals surface area contributed by atoms with Crippen LogP contribution in [-0.4, -0.2) is 32.5 Å². The first-order valence-corrected chi connectivity index (χ1v) is 8.53. The molecule has 3 rings (SSSR count). The monoisotopic (exact) mass is 376 g/mol. The molecule has 5 nitrogen and oxygen atoms in total. The summed E-state index contributed by atoms with van der Waals surface area (Å²) in [4.78, 5) is 0. The molecule has 22 heavy (non-hydrogen) atoms. The van der Waals surface area contributed by atoms with Crippen LogP contribution in [0, 0.1) is 6.92 Å². The second-order valence-electron chi connectivity index (χ2n) is 4.65. The normalized spacial score (nSPS) is 11.6. The van der Waals surface area contributed by atoms with E-state index in [1.807, 2.05) is 37.4 Å². The number of rotatable bonds is 3. The average molecular weight is 377 g/mol. The molecule has 1 aromatic heterocycles. The van der Waals surface area contributed by atoms with E-state index < -0.39 is 0 Å². The third-order valence-electron chi connectivity index (χ3n) is 3.25. The predicted octanol–water partition coefficient (Wildman–Crippen LogP) is 3.81. The van der Waals surface area contributed by atoms with E-state index in [0.29, 0.717) is 16.5 Å². The van der Waals surface area contributed by atoms with Crippen LogP contribution in [0.1, 0.15) is 11.4 Å². The number of fused-ring (bicyclic) bond motifs is 1. The van der Waals surface area contributed by atoms with Crippen molar-refractivity contribution in [3.63, 3.8) is 0 Å². The third-order valence-corrected chi connectivity index (χ3v) is 4.37. The van der Waals surface area contributed by atoms with Crippen molar-refractivity contribution in [2.45, 2.75) is 12.1 Å². The van der Waals surface area contributed by atoms with Gasteiger partial charge in [-0.15, -0.1) is 10.2 Å². The van der Waals surface area contributed by atoms with Crippen LogP contribution in [0.4, 0.5) is 0 Å². The van der Waals surface area contributed by atoms with E-state index in [1.165, 1.54) is 11.8 Å². The molecular formula is C15H13BrN4OS. The Morgan fingerprint density at radius 2 is 2.09 bits per heavy atom. The van der Waals surface area contributed by atoms with Crippen molar-refractivity contribution < 1.29 is 5.11 Å². The van der Waals surface area contributed by atoms with Gasteiger partial charge in [-0.05, 0) is 42.2 Å². The molecule has 0 unspecified atom stereocenters. The van der Waals surface area contributed by atoms with Crippen LogP contribution >= 0.6 is 27.7 Å². The summed E-state index contributed by atoms with van der Waals surface area (Å²) in [6, 6.07) is 9.45. The number of benzene rings is 2. The topological polar surface area (TPSA) is 63.3 Å². The molecule has 0 aliphatic rings. The highest BCUT2D eigenvalue weighted by Gasteiger charge is 2.08. The Labute approximate surface area is 140 Å². The zero-order valence-corrected chi connectivity index (χ0v) is 14.4. The highest BCUT2D eigenvalue weighted by Crippen LogP contribution is 2.28. The van der Waals surface area contributed by atoms with Gasteiger partial charge < -0.3 is 5.11 Å². The number of halogens is 1. The SMILES string of the molecule is CSc1nnc(C)n1/N=C\c1c(O)ccc2cc(Br)ccc12. The van der Waals surface area contributed by atoms with E-state index in [2.05, 4.69) is 31.2 Å². The summed E-state index contributed by atoms with van der Waals surface area (Å²) in [6.45, 7) is 1.84. The summed E-state index contributed by atoms with van der Waals surface area (Å²) in [6.07, 6.45) is 3.56. The summed E-state index contributed by atoms with van der Waals surface area (Å²) < 4.78 is 2.65. The maximum absolute atomic E-state index is 10.2. The fraction of sp³-hybridized carbons (Fsp3) is 0.133. The molecule has 1 N–H and O–H groups in total. The number of thioether (sulfide) groups is 1. The van der Waals surface area contributed by atoms with Crippen LogP contribution in [0.15, 0.2) is 45.1 Å². The van der Waals surface area contributed by atoms with Gasteiger partial charge in [0, 0.05) is 10.0 Å². The second kappa shape index (κ2) is 6.10. The number of nitrogens with zero attached hydrogens (tertiary/aromatic N) is 4. The van der Waals surface area contributed by atoms with Crippen molar-refractivity contribution in [1.29, 1.82) is 0 Å². The summed E-state index contributed by atoms with van der Waals surface area (Å²) in [5.41, 5.74) is 0.671. The van der Waals surface area contributed by atoms with Crippen LogP contribution in [0.25, 0.3) is 10.8 Å². The predicted molar refractivity (Wildman–Crippen MR) is 92.8 cm³/mol. The van der Waals surface area contributed by atoms with Crippen molar-refractivity contribution in [1.82, 2.24) is 14.9 Å². The minimum atomic E-state index is 0.190. The van der Waals surface area contributed by atoms with Gasteiger partial charge in [-0.25, -0.2) is 0 Å². The summed E-state index contributed by atoms with van der Waals surface area (Å²) in [7, 11) is 0. The van der Waals surface area contributed by atoms with E-state index in [4.69, 9.17) is 0 Å². The lowest BCUT2D eigenvalue weighted by Gasteiger charge is -2.06. The molecule has 0 aliphatic heterocycles. The highest BCUT2D eigenvalue weighted by atomic mass is 79.9. The Kier molecular flexibility index (Phi) is 4.17. The number of aryl methyl sites for hydroxylation is 1. The largest absolute Gasteiger partial charge is 0.507 e. The molecule has 0 saturated heterocycles. The Balaban J connectivity index is 2.12. The molecule has 0 fully saturated rings. The Bertz CT molecular complexity index is 875. The molecule has 0 aliphatic carbocycles. The number of aromatic nitrogens is 3. The first-order chi connectivity index (χ1) is 10.6. The standard InChI is InChI=1S/C15H13BrN4OS/c1-9-18-19-15(22-2)20(9)17-8-13-12-5-4-11(16)7-10(12)3-6-14(13)21/h3-8,21H,1-2H3/b17-8-. The first-order valence-electron chi connectivity index (χ1n) is 6.51. The van der Waals surface area contributed by atoms with Gasteiger partial charge in [0.1, 0.15) is 5.75 Å². The Hall–Kier alpha value is -1.86. The molecule has 2 aromatic carbocycles. The van der Waals surface area contributed by atoms with Crippen LogP contribution in [0.5, 0.6) is 5.75 Å². The smallest absolute Gasteiger partial charge is 0.211 e. The maximum Gasteiger partial charge on any atom is 0.211 e. The third kappa shape index (κ3) is 2.74. The Morgan fingerprint density at radius 3 is 2.86 bits per heavy atom. The van der Waals surface area contributed by atoms with Crippen LogP contribution in [0.2, 0.25) is 0 Å². The van der Waals surface area contributed by atoms with Crippen molar-refractivity contribution in [2.24, 2.45) is 5.10 Å². The molecule has 1 heterocycles.